The molecule has 9 heavy (non-hydrogen) atoms. The fourth-order valence-corrected chi connectivity index (χ4v) is 2.40. The number of nitrogens with zero attached hydrogens (tertiary/aromatic N) is 1. The van der Waals surface area contributed by atoms with Crippen molar-refractivity contribution in [3.63, 3.8) is 0 Å². The van der Waals surface area contributed by atoms with Gasteiger partial charge in [0.2, 0.25) is 0 Å². The van der Waals surface area contributed by atoms with Gasteiger partial charge in [-0.2, -0.15) is 0 Å². The van der Waals surface area contributed by atoms with Crippen LogP contribution in [0.3, 0.4) is 0 Å². The van der Waals surface area contributed by atoms with Crippen molar-refractivity contribution in [2.75, 3.05) is 0 Å². The molecule has 46 valence electrons. The van der Waals surface area contributed by atoms with Gasteiger partial charge in [0.15, 0.2) is 0 Å². The van der Waals surface area contributed by atoms with E-state index in [1.807, 2.05) is 6.20 Å². The Morgan fingerprint density at radius 1 is 1.44 bits per heavy atom. The number of hydrogen-bond donors (Lipinski definition) is 0. The van der Waals surface area contributed by atoms with Gasteiger partial charge >= 0.3 is 0 Å². The summed E-state index contributed by atoms with van der Waals surface area (Å²) in [5, 5.41) is 0. The highest BCUT2D eigenvalue weighted by molar-refractivity contribution is 5.74. The third-order valence-corrected chi connectivity index (χ3v) is 3.34. The first kappa shape index (κ1) is 4.26. The lowest BCUT2D eigenvalue weighted by molar-refractivity contribution is 0.552. The van der Waals surface area contributed by atoms with Gasteiger partial charge in [-0.25, -0.2) is 0 Å². The molecule has 0 amide bonds. The molecule has 0 saturated heterocycles. The summed E-state index contributed by atoms with van der Waals surface area (Å²) in [6, 6.07) is 0. The highest BCUT2D eigenvalue weighted by atomic mass is 14.9. The van der Waals surface area contributed by atoms with Crippen molar-refractivity contribution in [3.05, 3.63) is 12.3 Å². The molecule has 1 heterocycles. The van der Waals surface area contributed by atoms with Gasteiger partial charge in [0.05, 0.1) is 0 Å². The van der Waals surface area contributed by atoms with Gasteiger partial charge in [-0.05, 0) is 17.3 Å². The Balaban J connectivity index is 2.09. The maximum atomic E-state index is 4.15. The number of rotatable bonds is 0. The first-order chi connectivity index (χ1) is 4.35. The molecule has 2 aliphatic carbocycles. The predicted molar refractivity (Wildman–Crippen MR) is 36.2 cm³/mol. The molecule has 0 aromatic rings. The van der Waals surface area contributed by atoms with Crippen molar-refractivity contribution in [2.45, 2.75) is 6.92 Å². The number of aliphatic imine (C=N–C) groups is 1. The fourth-order valence-electron chi connectivity index (χ4n) is 2.40. The minimum Gasteiger partial charge on any atom is -0.269 e. The maximum Gasteiger partial charge on any atom is 0.0227 e. The van der Waals surface area contributed by atoms with Crippen LogP contribution < -0.4 is 0 Å². The van der Waals surface area contributed by atoms with Crippen LogP contribution in [0.5, 0.6) is 0 Å². The van der Waals surface area contributed by atoms with E-state index >= 15 is 0 Å². The van der Waals surface area contributed by atoms with E-state index in [0.717, 1.165) is 17.8 Å². The molecule has 0 spiro atoms. The average Bonchev–Trinajstić information content (AvgIpc) is 2.59. The Labute approximate surface area is 54.5 Å². The Morgan fingerprint density at radius 3 is 3.00 bits per heavy atom. The van der Waals surface area contributed by atoms with Crippen LogP contribution in [-0.4, -0.2) is 6.21 Å². The van der Waals surface area contributed by atoms with Crippen LogP contribution in [0.4, 0.5) is 0 Å². The molecule has 0 aromatic carbocycles. The van der Waals surface area contributed by atoms with E-state index in [2.05, 4.69) is 24.2 Å². The van der Waals surface area contributed by atoms with Crippen LogP contribution in [0.1, 0.15) is 6.92 Å². The Bertz CT molecular complexity index is 207. The Kier molecular flexibility index (Phi) is 0.425. The second kappa shape index (κ2) is 0.898. The molecule has 1 nitrogen and oxygen atoms in total. The molecule has 1 heteroatoms. The topological polar surface area (TPSA) is 12.4 Å². The van der Waals surface area contributed by atoms with Gasteiger partial charge in [0.25, 0.3) is 0 Å². The molecule has 0 N–H and O–H groups in total. The normalized spacial score (nSPS) is 64.8. The SMILES string of the molecule is CC12C3C=CN=CC1C32. The number of fused-ring (bicyclic) bond motifs is 2. The van der Waals surface area contributed by atoms with E-state index in [0.29, 0.717) is 5.41 Å². The van der Waals surface area contributed by atoms with Crippen LogP contribution >= 0.6 is 0 Å². The second-order valence-electron chi connectivity index (χ2n) is 3.58. The predicted octanol–water partition coefficient (Wildman–Crippen LogP) is 1.47. The van der Waals surface area contributed by atoms with Crippen LogP contribution in [0.15, 0.2) is 17.3 Å². The first-order valence-electron chi connectivity index (χ1n) is 3.55. The molecule has 3 aliphatic rings. The smallest absolute Gasteiger partial charge is 0.0227 e. The zero-order valence-electron chi connectivity index (χ0n) is 5.41. The largest absolute Gasteiger partial charge is 0.269 e. The van der Waals surface area contributed by atoms with E-state index in [9.17, 15) is 0 Å². The van der Waals surface area contributed by atoms with Gasteiger partial charge in [-0.15, -0.1) is 0 Å². The van der Waals surface area contributed by atoms with Crippen LogP contribution in [-0.2, 0) is 0 Å². The van der Waals surface area contributed by atoms with Gasteiger partial charge < -0.3 is 0 Å². The van der Waals surface area contributed by atoms with E-state index in [4.69, 9.17) is 0 Å². The van der Waals surface area contributed by atoms with Crippen molar-refractivity contribution in [1.29, 1.82) is 0 Å². The second-order valence-corrected chi connectivity index (χ2v) is 3.58. The number of hydrogen-bond acceptors (Lipinski definition) is 1. The quantitative estimate of drug-likeness (QED) is 0.458. The lowest BCUT2D eigenvalue weighted by atomic mass is 9.99. The summed E-state index contributed by atoms with van der Waals surface area (Å²) in [5.74, 6) is 2.72. The summed E-state index contributed by atoms with van der Waals surface area (Å²) in [7, 11) is 0. The van der Waals surface area contributed by atoms with E-state index in [1.165, 1.54) is 0 Å². The van der Waals surface area contributed by atoms with Crippen molar-refractivity contribution in [1.82, 2.24) is 0 Å². The number of allylic oxidation sites excluding steroid dienone is 1. The molecule has 4 atom stereocenters. The van der Waals surface area contributed by atoms with E-state index < -0.39 is 0 Å². The summed E-state index contributed by atoms with van der Waals surface area (Å²) < 4.78 is 0. The molecule has 0 radical (unpaired) electrons. The van der Waals surface area contributed by atoms with Gasteiger partial charge in [-0.3, -0.25) is 4.99 Å². The molecule has 2 saturated carbocycles. The molecule has 2 fully saturated rings. The third-order valence-electron chi connectivity index (χ3n) is 3.34. The molecule has 0 aromatic heterocycles. The van der Waals surface area contributed by atoms with E-state index in [-0.39, 0.29) is 0 Å². The van der Waals surface area contributed by atoms with Crippen LogP contribution in [0.2, 0.25) is 0 Å². The average molecular weight is 119 g/mol. The Morgan fingerprint density at radius 2 is 2.22 bits per heavy atom. The lowest BCUT2D eigenvalue weighted by Crippen LogP contribution is -2.03. The van der Waals surface area contributed by atoms with Crippen molar-refractivity contribution < 1.29 is 0 Å². The van der Waals surface area contributed by atoms with Gasteiger partial charge in [-0.1, -0.05) is 13.0 Å². The summed E-state index contributed by atoms with van der Waals surface area (Å²) in [6.45, 7) is 2.37. The fraction of sp³-hybridized carbons (Fsp3) is 0.625. The summed E-state index contributed by atoms with van der Waals surface area (Å²) in [4.78, 5) is 4.15. The summed E-state index contributed by atoms with van der Waals surface area (Å²) in [5.41, 5.74) is 0.677. The monoisotopic (exact) mass is 119 g/mol. The molecule has 3 rings (SSSR count). The Hall–Kier alpha value is -0.590. The molecule has 1 aliphatic heterocycles. The summed E-state index contributed by atoms with van der Waals surface area (Å²) in [6.07, 6.45) is 6.32. The molecular formula is C8H9N. The van der Waals surface area contributed by atoms with Crippen molar-refractivity contribution in [3.8, 4) is 0 Å². The van der Waals surface area contributed by atoms with Gasteiger partial charge in [0.1, 0.15) is 0 Å². The molecular weight excluding hydrogens is 110 g/mol. The zero-order chi connectivity index (χ0) is 6.06. The zero-order valence-corrected chi connectivity index (χ0v) is 5.41. The van der Waals surface area contributed by atoms with Crippen LogP contribution in [0.25, 0.3) is 0 Å². The maximum absolute atomic E-state index is 4.15. The molecule has 0 bridgehead atoms. The first-order valence-corrected chi connectivity index (χ1v) is 3.55. The standard InChI is InChI=1S/C8H9N/c1-8-5-2-3-9-4-6(8)7(5)8/h2-7H,1H3. The molecule has 4 unspecified atom stereocenters. The highest BCUT2D eigenvalue weighted by Gasteiger charge is 2.82. The minimum atomic E-state index is 0.677. The summed E-state index contributed by atoms with van der Waals surface area (Å²) >= 11 is 0. The van der Waals surface area contributed by atoms with E-state index in [1.54, 1.807) is 0 Å². The minimum absolute atomic E-state index is 0.677. The van der Waals surface area contributed by atoms with Crippen molar-refractivity contribution >= 4 is 6.21 Å². The third kappa shape index (κ3) is 0.269. The van der Waals surface area contributed by atoms with Crippen molar-refractivity contribution in [2.24, 2.45) is 28.2 Å². The van der Waals surface area contributed by atoms with Gasteiger partial charge in [0, 0.05) is 18.3 Å². The highest BCUT2D eigenvalue weighted by Crippen LogP contribution is 2.83. The van der Waals surface area contributed by atoms with Crippen LogP contribution in [0, 0.1) is 23.2 Å². The lowest BCUT2D eigenvalue weighted by Gasteiger charge is -2.04.